The lowest BCUT2D eigenvalue weighted by atomic mass is 9.87. The minimum atomic E-state index is -2.96. The van der Waals surface area contributed by atoms with Crippen LogP contribution in [0.25, 0.3) is 0 Å². The van der Waals surface area contributed by atoms with Gasteiger partial charge in [0.15, 0.2) is 0 Å². The van der Waals surface area contributed by atoms with Gasteiger partial charge in [-0.15, -0.1) is 0 Å². The molecule has 22 heavy (non-hydrogen) atoms. The second-order valence-electron chi connectivity index (χ2n) is 6.69. The summed E-state index contributed by atoms with van der Waals surface area (Å²) >= 11 is 0. The second-order valence-corrected chi connectivity index (χ2v) is 8.79. The molecule has 2 rings (SSSR count). The van der Waals surface area contributed by atoms with Gasteiger partial charge in [-0.3, -0.25) is 4.57 Å². The molecule has 0 aliphatic heterocycles. The maximum absolute atomic E-state index is 12.6. The van der Waals surface area contributed by atoms with E-state index in [0.29, 0.717) is 5.75 Å². The van der Waals surface area contributed by atoms with E-state index >= 15 is 0 Å². The first-order valence-corrected chi connectivity index (χ1v) is 9.45. The smallest absolute Gasteiger partial charge is 0.338 e. The Kier molecular flexibility index (Phi) is 4.67. The largest absolute Gasteiger partial charge is 0.429 e. The van der Waals surface area contributed by atoms with Gasteiger partial charge in [0.2, 0.25) is 0 Å². The molecule has 3 nitrogen and oxygen atoms in total. The van der Waals surface area contributed by atoms with Crippen molar-refractivity contribution in [3.63, 3.8) is 0 Å². The molecule has 1 atom stereocenters. The van der Waals surface area contributed by atoms with Crippen LogP contribution in [0.1, 0.15) is 31.9 Å². The van der Waals surface area contributed by atoms with E-state index in [1.807, 2.05) is 55.5 Å². The highest BCUT2D eigenvalue weighted by Gasteiger charge is 2.18. The molecule has 1 N–H and O–H groups in total. The van der Waals surface area contributed by atoms with Crippen molar-refractivity contribution in [3.8, 4) is 5.75 Å². The van der Waals surface area contributed by atoms with E-state index < -0.39 is 7.52 Å². The molecule has 0 fully saturated rings. The maximum atomic E-state index is 12.6. The quantitative estimate of drug-likeness (QED) is 0.745. The Morgan fingerprint density at radius 1 is 0.955 bits per heavy atom. The van der Waals surface area contributed by atoms with Crippen LogP contribution in [0.4, 0.5) is 5.69 Å². The van der Waals surface area contributed by atoms with Crippen molar-refractivity contribution >= 4 is 13.2 Å². The summed E-state index contributed by atoms with van der Waals surface area (Å²) in [6.07, 6.45) is 0. The Labute approximate surface area is 133 Å². The molecule has 0 heterocycles. The summed E-state index contributed by atoms with van der Waals surface area (Å²) in [7, 11) is -2.96. The maximum Gasteiger partial charge on any atom is 0.338 e. The van der Waals surface area contributed by atoms with Gasteiger partial charge >= 0.3 is 7.52 Å². The van der Waals surface area contributed by atoms with Gasteiger partial charge in [-0.05, 0) is 42.2 Å². The topological polar surface area (TPSA) is 38.3 Å². The van der Waals surface area contributed by atoms with Crippen LogP contribution in [0.2, 0.25) is 0 Å². The Bertz CT molecular complexity index is 670. The molecule has 0 unspecified atom stereocenters. The van der Waals surface area contributed by atoms with Gasteiger partial charge in [-0.2, -0.15) is 0 Å². The standard InChI is InChI=1S/C18H24NO2P/c1-14-6-10-16(11-7-14)19-22(5,20)21-17-12-8-15(9-13-17)18(2,3)4/h6-13H,1-5H3,(H,19,20)/t22-/m0/s1. The van der Waals surface area contributed by atoms with Crippen molar-refractivity contribution < 1.29 is 9.09 Å². The highest BCUT2D eigenvalue weighted by Crippen LogP contribution is 2.43. The summed E-state index contributed by atoms with van der Waals surface area (Å²) in [4.78, 5) is 0. The average molecular weight is 317 g/mol. The molecule has 2 aromatic rings. The van der Waals surface area contributed by atoms with Gasteiger partial charge in [-0.1, -0.05) is 50.6 Å². The predicted molar refractivity (Wildman–Crippen MR) is 94.1 cm³/mol. The highest BCUT2D eigenvalue weighted by molar-refractivity contribution is 7.60. The molecule has 0 amide bonds. The second kappa shape index (κ2) is 6.18. The molecule has 0 radical (unpaired) electrons. The average Bonchev–Trinajstić information content (AvgIpc) is 2.40. The van der Waals surface area contributed by atoms with Gasteiger partial charge < -0.3 is 9.61 Å². The zero-order valence-electron chi connectivity index (χ0n) is 13.9. The van der Waals surface area contributed by atoms with E-state index in [1.165, 1.54) is 5.56 Å². The Morgan fingerprint density at radius 3 is 2.00 bits per heavy atom. The molecule has 0 aliphatic carbocycles. The molecular weight excluding hydrogens is 293 g/mol. The van der Waals surface area contributed by atoms with Gasteiger partial charge in [0.05, 0.1) is 0 Å². The van der Waals surface area contributed by atoms with Crippen molar-refractivity contribution in [3.05, 3.63) is 59.7 Å². The monoisotopic (exact) mass is 317 g/mol. The van der Waals surface area contributed by atoms with Gasteiger partial charge in [0.25, 0.3) is 0 Å². The van der Waals surface area contributed by atoms with Crippen LogP contribution in [-0.4, -0.2) is 6.66 Å². The van der Waals surface area contributed by atoms with E-state index in [-0.39, 0.29) is 5.41 Å². The first-order valence-electron chi connectivity index (χ1n) is 7.38. The number of nitrogens with one attached hydrogen (secondary N) is 1. The minimum Gasteiger partial charge on any atom is -0.429 e. The lowest BCUT2D eigenvalue weighted by Crippen LogP contribution is -2.10. The van der Waals surface area contributed by atoms with Crippen LogP contribution in [0.3, 0.4) is 0 Å². The highest BCUT2D eigenvalue weighted by atomic mass is 31.2. The fourth-order valence-electron chi connectivity index (χ4n) is 2.10. The zero-order chi connectivity index (χ0) is 16.4. The molecule has 0 spiro atoms. The number of aryl methyl sites for hydroxylation is 1. The lowest BCUT2D eigenvalue weighted by Gasteiger charge is -2.21. The fourth-order valence-corrected chi connectivity index (χ4v) is 3.29. The lowest BCUT2D eigenvalue weighted by molar-refractivity contribution is 0.493. The third-order valence-electron chi connectivity index (χ3n) is 3.38. The summed E-state index contributed by atoms with van der Waals surface area (Å²) in [5, 5.41) is 2.97. The fraction of sp³-hybridized carbons (Fsp3) is 0.333. The van der Waals surface area contributed by atoms with Crippen LogP contribution in [0, 0.1) is 6.92 Å². The Balaban J connectivity index is 2.08. The van der Waals surface area contributed by atoms with E-state index in [0.717, 1.165) is 11.3 Å². The summed E-state index contributed by atoms with van der Waals surface area (Å²) in [6, 6.07) is 15.5. The summed E-state index contributed by atoms with van der Waals surface area (Å²) in [5.41, 5.74) is 3.27. The van der Waals surface area contributed by atoms with Gasteiger partial charge in [-0.25, -0.2) is 0 Å². The van der Waals surface area contributed by atoms with Crippen molar-refractivity contribution in [2.45, 2.75) is 33.1 Å². The van der Waals surface area contributed by atoms with Crippen LogP contribution in [0.5, 0.6) is 5.75 Å². The van der Waals surface area contributed by atoms with E-state index in [2.05, 4.69) is 25.9 Å². The first kappa shape index (κ1) is 16.6. The van der Waals surface area contributed by atoms with Crippen LogP contribution >= 0.6 is 7.52 Å². The third kappa shape index (κ3) is 4.64. The first-order chi connectivity index (χ1) is 10.2. The normalized spacial score (nSPS) is 14.2. The number of hydrogen-bond acceptors (Lipinski definition) is 2. The molecule has 4 heteroatoms. The molecule has 0 saturated heterocycles. The summed E-state index contributed by atoms with van der Waals surface area (Å²) in [5.74, 6) is 0.610. The summed E-state index contributed by atoms with van der Waals surface area (Å²) in [6.45, 7) is 10.1. The van der Waals surface area contributed by atoms with Gasteiger partial charge in [0.1, 0.15) is 5.75 Å². The predicted octanol–water partition coefficient (Wildman–Crippen LogP) is 5.61. The van der Waals surface area contributed by atoms with Crippen molar-refractivity contribution in [2.75, 3.05) is 11.8 Å². The zero-order valence-corrected chi connectivity index (χ0v) is 14.8. The molecule has 0 aromatic heterocycles. The van der Waals surface area contributed by atoms with Crippen molar-refractivity contribution in [1.29, 1.82) is 0 Å². The van der Waals surface area contributed by atoms with E-state index in [9.17, 15) is 4.57 Å². The number of benzene rings is 2. The number of hydrogen-bond donors (Lipinski definition) is 1. The molecule has 0 aliphatic rings. The molecule has 0 saturated carbocycles. The van der Waals surface area contributed by atoms with E-state index in [1.54, 1.807) is 6.66 Å². The summed E-state index contributed by atoms with van der Waals surface area (Å²) < 4.78 is 18.2. The Hall–Kier alpha value is -1.73. The molecular formula is C18H24NO2P. The van der Waals surface area contributed by atoms with Crippen LogP contribution in [0.15, 0.2) is 48.5 Å². The van der Waals surface area contributed by atoms with Crippen LogP contribution in [-0.2, 0) is 9.98 Å². The number of rotatable bonds is 4. The van der Waals surface area contributed by atoms with Gasteiger partial charge in [0, 0.05) is 12.4 Å². The number of anilines is 1. The minimum absolute atomic E-state index is 0.0919. The van der Waals surface area contributed by atoms with E-state index in [4.69, 9.17) is 4.52 Å². The van der Waals surface area contributed by atoms with Crippen molar-refractivity contribution in [1.82, 2.24) is 0 Å². The molecule has 2 aromatic carbocycles. The Morgan fingerprint density at radius 2 is 1.50 bits per heavy atom. The van der Waals surface area contributed by atoms with Crippen molar-refractivity contribution in [2.24, 2.45) is 0 Å². The SMILES string of the molecule is Cc1ccc(N[P@@](C)(=O)Oc2ccc(C(C)(C)C)cc2)cc1. The molecule has 118 valence electrons. The third-order valence-corrected chi connectivity index (χ3v) is 4.61. The molecule has 0 bridgehead atoms. The van der Waals surface area contributed by atoms with Crippen LogP contribution < -0.4 is 9.61 Å².